The van der Waals surface area contributed by atoms with Gasteiger partial charge >= 0.3 is 5.97 Å². The van der Waals surface area contributed by atoms with Crippen molar-refractivity contribution in [1.82, 2.24) is 0 Å². The number of carboxylic acid groups (broad SMARTS) is 1. The van der Waals surface area contributed by atoms with Gasteiger partial charge in [-0.3, -0.25) is 4.79 Å². The number of fused-ring (bicyclic) bond motifs is 1. The summed E-state index contributed by atoms with van der Waals surface area (Å²) in [4.78, 5) is 10.7. The number of rotatable bonds is 3. The number of benzene rings is 1. The van der Waals surface area contributed by atoms with Crippen LogP contribution in [0.5, 0.6) is 11.5 Å². The normalized spacial score (nSPS) is 15.9. The molecular formula is C12H14BrNO4. The van der Waals surface area contributed by atoms with Crippen LogP contribution in [0, 0.1) is 0 Å². The smallest absolute Gasteiger partial charge is 0.305 e. The molecule has 1 unspecified atom stereocenters. The summed E-state index contributed by atoms with van der Waals surface area (Å²) in [5.41, 5.74) is 6.55. The maximum Gasteiger partial charge on any atom is 0.305 e. The van der Waals surface area contributed by atoms with Gasteiger partial charge in [0.05, 0.1) is 24.1 Å². The Balaban J connectivity index is 2.39. The molecule has 98 valence electrons. The minimum absolute atomic E-state index is 0.141. The lowest BCUT2D eigenvalue weighted by molar-refractivity contribution is -0.137. The number of carbonyl (C=O) groups is 1. The number of hydrogen-bond acceptors (Lipinski definition) is 4. The number of halogens is 1. The zero-order chi connectivity index (χ0) is 13.1. The van der Waals surface area contributed by atoms with Crippen molar-refractivity contribution >= 4 is 21.9 Å². The van der Waals surface area contributed by atoms with E-state index in [1.807, 2.05) is 0 Å². The van der Waals surface area contributed by atoms with Gasteiger partial charge in [-0.15, -0.1) is 0 Å². The van der Waals surface area contributed by atoms with Crippen molar-refractivity contribution in [2.75, 3.05) is 13.2 Å². The van der Waals surface area contributed by atoms with E-state index in [0.717, 1.165) is 10.9 Å². The van der Waals surface area contributed by atoms with Gasteiger partial charge < -0.3 is 20.3 Å². The van der Waals surface area contributed by atoms with Crippen LogP contribution < -0.4 is 15.2 Å². The lowest BCUT2D eigenvalue weighted by atomic mass is 10.0. The quantitative estimate of drug-likeness (QED) is 0.892. The number of nitrogens with two attached hydrogens (primary N) is 1. The molecule has 0 spiro atoms. The predicted octanol–water partition coefficient (Wildman–Crippen LogP) is 2.08. The van der Waals surface area contributed by atoms with E-state index in [4.69, 9.17) is 20.3 Å². The molecule has 1 aromatic rings. The van der Waals surface area contributed by atoms with Gasteiger partial charge in [0.25, 0.3) is 0 Å². The maximum atomic E-state index is 10.7. The zero-order valence-electron chi connectivity index (χ0n) is 9.69. The van der Waals surface area contributed by atoms with Crippen molar-refractivity contribution in [3.8, 4) is 11.5 Å². The van der Waals surface area contributed by atoms with Gasteiger partial charge in [-0.25, -0.2) is 0 Å². The largest absolute Gasteiger partial charge is 0.489 e. The fraction of sp³-hybridized carbons (Fsp3) is 0.417. The summed E-state index contributed by atoms with van der Waals surface area (Å²) < 4.78 is 12.0. The van der Waals surface area contributed by atoms with Crippen molar-refractivity contribution in [2.45, 2.75) is 18.9 Å². The van der Waals surface area contributed by atoms with E-state index in [0.29, 0.717) is 30.3 Å². The van der Waals surface area contributed by atoms with Crippen LogP contribution in [-0.2, 0) is 4.79 Å². The van der Waals surface area contributed by atoms with E-state index in [1.165, 1.54) is 0 Å². The minimum Gasteiger partial charge on any atom is -0.489 e. The molecule has 3 N–H and O–H groups in total. The van der Waals surface area contributed by atoms with Crippen LogP contribution in [0.2, 0.25) is 0 Å². The van der Waals surface area contributed by atoms with Gasteiger partial charge in [0.2, 0.25) is 0 Å². The topological polar surface area (TPSA) is 81.8 Å². The van der Waals surface area contributed by atoms with Crippen molar-refractivity contribution in [1.29, 1.82) is 0 Å². The summed E-state index contributed by atoms with van der Waals surface area (Å²) in [5.74, 6) is 0.218. The molecule has 5 nitrogen and oxygen atoms in total. The third kappa shape index (κ3) is 2.76. The summed E-state index contributed by atoms with van der Waals surface area (Å²) in [6, 6.07) is 2.96. The van der Waals surface area contributed by atoms with E-state index >= 15 is 0 Å². The molecule has 0 bridgehead atoms. The SMILES string of the molecule is NC(CC(=O)O)c1ccc(Br)c2c1OCCCO2. The zero-order valence-corrected chi connectivity index (χ0v) is 11.3. The number of carboxylic acids is 1. The van der Waals surface area contributed by atoms with E-state index in [9.17, 15) is 4.79 Å². The Bertz CT molecular complexity index is 464. The summed E-state index contributed by atoms with van der Waals surface area (Å²) in [6.07, 6.45) is 0.645. The predicted molar refractivity (Wildman–Crippen MR) is 68.9 cm³/mol. The second kappa shape index (κ2) is 5.58. The van der Waals surface area contributed by atoms with Gasteiger partial charge in [-0.2, -0.15) is 0 Å². The molecule has 0 saturated carbocycles. The molecule has 0 fully saturated rings. The third-order valence-electron chi connectivity index (χ3n) is 2.67. The van der Waals surface area contributed by atoms with Gasteiger partial charge in [0.15, 0.2) is 11.5 Å². The molecule has 0 radical (unpaired) electrons. The van der Waals surface area contributed by atoms with Crippen LogP contribution in [-0.4, -0.2) is 24.3 Å². The summed E-state index contributed by atoms with van der Waals surface area (Å²) in [5, 5.41) is 8.80. The summed E-state index contributed by atoms with van der Waals surface area (Å²) in [7, 11) is 0. The highest BCUT2D eigenvalue weighted by atomic mass is 79.9. The first-order valence-corrected chi connectivity index (χ1v) is 6.44. The molecule has 0 aromatic heterocycles. The molecule has 1 aliphatic heterocycles. The van der Waals surface area contributed by atoms with E-state index in [1.54, 1.807) is 12.1 Å². The Labute approximate surface area is 113 Å². The summed E-state index contributed by atoms with van der Waals surface area (Å²) >= 11 is 3.39. The van der Waals surface area contributed by atoms with Gasteiger partial charge in [-0.1, -0.05) is 6.07 Å². The van der Waals surface area contributed by atoms with Crippen LogP contribution in [0.3, 0.4) is 0 Å². The Morgan fingerprint density at radius 2 is 2.06 bits per heavy atom. The first-order valence-electron chi connectivity index (χ1n) is 5.65. The lowest BCUT2D eigenvalue weighted by Gasteiger charge is -2.17. The number of ether oxygens (including phenoxy) is 2. The molecule has 1 aromatic carbocycles. The molecular weight excluding hydrogens is 302 g/mol. The van der Waals surface area contributed by atoms with E-state index in [2.05, 4.69) is 15.9 Å². The standard InChI is InChI=1S/C12H14BrNO4/c13-8-3-2-7(9(14)6-10(15)16)11-12(8)18-5-1-4-17-11/h2-3,9H,1,4-6,14H2,(H,15,16). The van der Waals surface area contributed by atoms with Gasteiger partial charge in [0, 0.05) is 18.0 Å². The Morgan fingerprint density at radius 3 is 2.72 bits per heavy atom. The number of aliphatic carboxylic acids is 1. The second-order valence-electron chi connectivity index (χ2n) is 4.05. The Morgan fingerprint density at radius 1 is 1.39 bits per heavy atom. The molecule has 0 amide bonds. The van der Waals surface area contributed by atoms with Crippen molar-refractivity contribution < 1.29 is 19.4 Å². The molecule has 0 aliphatic carbocycles. The Kier molecular flexibility index (Phi) is 4.08. The van der Waals surface area contributed by atoms with Gasteiger partial charge in [0.1, 0.15) is 0 Å². The van der Waals surface area contributed by atoms with Crippen LogP contribution in [0.25, 0.3) is 0 Å². The fourth-order valence-corrected chi connectivity index (χ4v) is 2.26. The fourth-order valence-electron chi connectivity index (χ4n) is 1.83. The minimum atomic E-state index is -0.936. The molecule has 1 heterocycles. The molecule has 18 heavy (non-hydrogen) atoms. The molecule has 0 saturated heterocycles. The third-order valence-corrected chi connectivity index (χ3v) is 3.29. The Hall–Kier alpha value is -1.27. The first-order chi connectivity index (χ1) is 8.59. The van der Waals surface area contributed by atoms with Crippen molar-refractivity contribution in [3.05, 3.63) is 22.2 Å². The molecule has 2 rings (SSSR count). The monoisotopic (exact) mass is 315 g/mol. The van der Waals surface area contributed by atoms with Crippen molar-refractivity contribution in [3.63, 3.8) is 0 Å². The average Bonchev–Trinajstić information content (AvgIpc) is 2.54. The van der Waals surface area contributed by atoms with Crippen LogP contribution in [0.4, 0.5) is 0 Å². The van der Waals surface area contributed by atoms with Crippen LogP contribution in [0.1, 0.15) is 24.4 Å². The van der Waals surface area contributed by atoms with Crippen LogP contribution in [0.15, 0.2) is 16.6 Å². The lowest BCUT2D eigenvalue weighted by Crippen LogP contribution is -2.16. The van der Waals surface area contributed by atoms with Crippen molar-refractivity contribution in [2.24, 2.45) is 5.73 Å². The summed E-state index contributed by atoms with van der Waals surface area (Å²) in [6.45, 7) is 1.11. The van der Waals surface area contributed by atoms with Crippen LogP contribution >= 0.6 is 15.9 Å². The highest BCUT2D eigenvalue weighted by molar-refractivity contribution is 9.10. The van der Waals surface area contributed by atoms with Gasteiger partial charge in [-0.05, 0) is 22.0 Å². The highest BCUT2D eigenvalue weighted by Gasteiger charge is 2.22. The maximum absolute atomic E-state index is 10.7. The average molecular weight is 316 g/mol. The first kappa shape index (κ1) is 13.2. The number of hydrogen-bond donors (Lipinski definition) is 2. The second-order valence-corrected chi connectivity index (χ2v) is 4.90. The molecule has 1 aliphatic rings. The molecule has 1 atom stereocenters. The highest BCUT2D eigenvalue weighted by Crippen LogP contribution is 2.42. The van der Waals surface area contributed by atoms with E-state index in [-0.39, 0.29) is 6.42 Å². The molecule has 6 heteroatoms. The van der Waals surface area contributed by atoms with E-state index < -0.39 is 12.0 Å².